The predicted octanol–water partition coefficient (Wildman–Crippen LogP) is 2.65. The Kier molecular flexibility index (Phi) is 7.14. The summed E-state index contributed by atoms with van der Waals surface area (Å²) < 4.78 is 28.0. The van der Waals surface area contributed by atoms with E-state index in [1.165, 1.54) is 5.56 Å². The van der Waals surface area contributed by atoms with Crippen LogP contribution in [0.4, 0.5) is 0 Å². The van der Waals surface area contributed by atoms with Crippen LogP contribution in [0.25, 0.3) is 0 Å². The molecular formula is C25H32N4O3S. The monoisotopic (exact) mass is 468 g/mol. The molecule has 7 nitrogen and oxygen atoms in total. The molecule has 1 saturated carbocycles. The van der Waals surface area contributed by atoms with Gasteiger partial charge in [-0.25, -0.2) is 13.1 Å². The SMILES string of the molecule is N=C(N)c1ccc(CC2CC2CN2CCCCC(NS(=O)(=O)Cc3ccccc3)C2=O)cc1. The highest BCUT2D eigenvalue weighted by atomic mass is 32.2. The zero-order chi connectivity index (χ0) is 23.4. The number of nitrogens with one attached hydrogen (secondary N) is 2. The highest BCUT2D eigenvalue weighted by Crippen LogP contribution is 2.42. The molecule has 1 aliphatic heterocycles. The molecule has 33 heavy (non-hydrogen) atoms. The van der Waals surface area contributed by atoms with Gasteiger partial charge in [-0.3, -0.25) is 10.2 Å². The van der Waals surface area contributed by atoms with Crippen molar-refractivity contribution in [3.05, 3.63) is 71.3 Å². The van der Waals surface area contributed by atoms with Crippen molar-refractivity contribution in [2.45, 2.75) is 43.9 Å². The number of hydrogen-bond donors (Lipinski definition) is 3. The van der Waals surface area contributed by atoms with Crippen LogP contribution in [0.15, 0.2) is 54.6 Å². The number of likely N-dealkylation sites (tertiary alicyclic amines) is 1. The van der Waals surface area contributed by atoms with E-state index in [2.05, 4.69) is 4.72 Å². The van der Waals surface area contributed by atoms with Gasteiger partial charge in [0.25, 0.3) is 0 Å². The molecule has 0 radical (unpaired) electrons. The van der Waals surface area contributed by atoms with Crippen molar-refractivity contribution in [1.82, 2.24) is 9.62 Å². The second-order valence-electron chi connectivity index (χ2n) is 9.27. The van der Waals surface area contributed by atoms with Gasteiger partial charge < -0.3 is 10.6 Å². The third-order valence-electron chi connectivity index (χ3n) is 6.59. The van der Waals surface area contributed by atoms with Gasteiger partial charge in [0.2, 0.25) is 15.9 Å². The van der Waals surface area contributed by atoms with Gasteiger partial charge in [0, 0.05) is 18.7 Å². The quantitative estimate of drug-likeness (QED) is 0.387. The van der Waals surface area contributed by atoms with Gasteiger partial charge in [0.15, 0.2) is 0 Å². The zero-order valence-corrected chi connectivity index (χ0v) is 19.6. The van der Waals surface area contributed by atoms with Gasteiger partial charge in [-0.1, -0.05) is 54.6 Å². The highest BCUT2D eigenvalue weighted by molar-refractivity contribution is 7.88. The number of amides is 1. The van der Waals surface area contributed by atoms with Gasteiger partial charge in [-0.05, 0) is 55.1 Å². The van der Waals surface area contributed by atoms with Crippen molar-refractivity contribution in [1.29, 1.82) is 5.41 Å². The van der Waals surface area contributed by atoms with Crippen LogP contribution in [-0.4, -0.2) is 44.2 Å². The predicted molar refractivity (Wildman–Crippen MR) is 129 cm³/mol. The molecule has 3 atom stereocenters. The number of benzene rings is 2. The first-order valence-corrected chi connectivity index (χ1v) is 13.2. The van der Waals surface area contributed by atoms with Gasteiger partial charge >= 0.3 is 0 Å². The summed E-state index contributed by atoms with van der Waals surface area (Å²) in [7, 11) is -3.60. The number of nitrogen functional groups attached to an aromatic ring is 1. The zero-order valence-electron chi connectivity index (χ0n) is 18.7. The van der Waals surface area contributed by atoms with Crippen molar-refractivity contribution >= 4 is 21.8 Å². The van der Waals surface area contributed by atoms with E-state index in [1.54, 1.807) is 12.1 Å². The Morgan fingerprint density at radius 3 is 2.45 bits per heavy atom. The van der Waals surface area contributed by atoms with Crippen molar-refractivity contribution < 1.29 is 13.2 Å². The Morgan fingerprint density at radius 2 is 1.76 bits per heavy atom. The first-order chi connectivity index (χ1) is 15.8. The summed E-state index contributed by atoms with van der Waals surface area (Å²) in [5, 5.41) is 7.50. The van der Waals surface area contributed by atoms with E-state index in [-0.39, 0.29) is 17.5 Å². The molecule has 3 unspecified atom stereocenters. The van der Waals surface area contributed by atoms with Gasteiger partial charge in [-0.2, -0.15) is 0 Å². The first kappa shape index (κ1) is 23.4. The average Bonchev–Trinajstić information content (AvgIpc) is 3.54. The summed E-state index contributed by atoms with van der Waals surface area (Å²) in [6.45, 7) is 1.37. The topological polar surface area (TPSA) is 116 Å². The van der Waals surface area contributed by atoms with Gasteiger partial charge in [0.1, 0.15) is 11.9 Å². The molecule has 2 aliphatic rings. The lowest BCUT2D eigenvalue weighted by molar-refractivity contribution is -0.132. The molecule has 8 heteroatoms. The van der Waals surface area contributed by atoms with E-state index in [9.17, 15) is 13.2 Å². The summed E-state index contributed by atoms with van der Waals surface area (Å²) in [4.78, 5) is 15.0. The number of nitrogens with two attached hydrogens (primary N) is 1. The average molecular weight is 469 g/mol. The maximum atomic E-state index is 13.2. The van der Waals surface area contributed by atoms with E-state index in [1.807, 2.05) is 47.4 Å². The van der Waals surface area contributed by atoms with E-state index in [0.29, 0.717) is 36.9 Å². The van der Waals surface area contributed by atoms with E-state index in [0.717, 1.165) is 31.2 Å². The Morgan fingerprint density at radius 1 is 1.03 bits per heavy atom. The van der Waals surface area contributed by atoms with Crippen molar-refractivity contribution in [3.8, 4) is 0 Å². The largest absolute Gasteiger partial charge is 0.384 e. The van der Waals surface area contributed by atoms with Crippen LogP contribution in [0.1, 0.15) is 42.4 Å². The number of amidine groups is 1. The van der Waals surface area contributed by atoms with Crippen LogP contribution in [-0.2, 0) is 27.0 Å². The molecule has 4 N–H and O–H groups in total. The van der Waals surface area contributed by atoms with Crippen LogP contribution in [0.2, 0.25) is 0 Å². The number of carbonyl (C=O) groups is 1. The highest BCUT2D eigenvalue weighted by Gasteiger charge is 2.40. The van der Waals surface area contributed by atoms with Crippen molar-refractivity contribution in [3.63, 3.8) is 0 Å². The summed E-state index contributed by atoms with van der Waals surface area (Å²) in [5.74, 6) is 0.823. The fourth-order valence-corrected chi connectivity index (χ4v) is 6.00. The molecule has 2 aromatic carbocycles. The second-order valence-corrected chi connectivity index (χ2v) is 11.0. The minimum atomic E-state index is -3.60. The van der Waals surface area contributed by atoms with Crippen LogP contribution in [0, 0.1) is 17.2 Å². The molecule has 1 aliphatic carbocycles. The molecule has 2 aromatic rings. The third kappa shape index (κ3) is 6.42. The number of nitrogens with zero attached hydrogens (tertiary/aromatic N) is 1. The molecular weight excluding hydrogens is 436 g/mol. The summed E-state index contributed by atoms with van der Waals surface area (Å²) in [5.41, 5.74) is 8.16. The summed E-state index contributed by atoms with van der Waals surface area (Å²) in [6, 6.07) is 16.1. The lowest BCUT2D eigenvalue weighted by Crippen LogP contribution is -2.48. The van der Waals surface area contributed by atoms with Crippen LogP contribution in [0.3, 0.4) is 0 Å². The van der Waals surface area contributed by atoms with Gasteiger partial charge in [0.05, 0.1) is 5.75 Å². The molecule has 4 rings (SSSR count). The third-order valence-corrected chi connectivity index (χ3v) is 7.95. The smallest absolute Gasteiger partial charge is 0.240 e. The lowest BCUT2D eigenvalue weighted by Gasteiger charge is -2.25. The number of sulfonamides is 1. The fraction of sp³-hybridized carbons (Fsp3) is 0.440. The standard InChI is InChI=1S/C25H32N4O3S/c26-24(27)20-11-9-18(10-12-20)14-21-15-22(21)16-29-13-5-4-8-23(25(29)30)28-33(31,32)17-19-6-2-1-3-7-19/h1-3,6-7,9-12,21-23,28H,4-5,8,13-17H2,(H3,26,27). The number of hydrogen-bond acceptors (Lipinski definition) is 4. The molecule has 2 fully saturated rings. The molecule has 1 saturated heterocycles. The maximum Gasteiger partial charge on any atom is 0.240 e. The van der Waals surface area contributed by atoms with E-state index >= 15 is 0 Å². The van der Waals surface area contributed by atoms with E-state index < -0.39 is 16.1 Å². The van der Waals surface area contributed by atoms with Crippen molar-refractivity contribution in [2.75, 3.05) is 13.1 Å². The first-order valence-electron chi connectivity index (χ1n) is 11.6. The normalized spacial score (nSPS) is 23.2. The number of rotatable bonds is 9. The minimum absolute atomic E-state index is 0.0690. The number of carbonyl (C=O) groups excluding carboxylic acids is 1. The minimum Gasteiger partial charge on any atom is -0.384 e. The van der Waals surface area contributed by atoms with E-state index in [4.69, 9.17) is 11.1 Å². The van der Waals surface area contributed by atoms with Crippen LogP contribution in [0.5, 0.6) is 0 Å². The fourth-order valence-electron chi connectivity index (χ4n) is 4.64. The maximum absolute atomic E-state index is 13.2. The molecule has 176 valence electrons. The lowest BCUT2D eigenvalue weighted by atomic mass is 10.0. The molecule has 1 heterocycles. The van der Waals surface area contributed by atoms with Crippen LogP contribution < -0.4 is 10.5 Å². The Balaban J connectivity index is 1.32. The summed E-state index contributed by atoms with van der Waals surface area (Å²) in [6.07, 6.45) is 4.28. The molecule has 0 spiro atoms. The Bertz CT molecular complexity index is 1090. The van der Waals surface area contributed by atoms with Crippen LogP contribution >= 0.6 is 0 Å². The molecule has 1 amide bonds. The van der Waals surface area contributed by atoms with Crippen molar-refractivity contribution in [2.24, 2.45) is 17.6 Å². The van der Waals surface area contributed by atoms with Gasteiger partial charge in [-0.15, -0.1) is 0 Å². The molecule has 0 bridgehead atoms. The molecule has 0 aromatic heterocycles. The Hall–Kier alpha value is -2.71. The Labute approximate surface area is 195 Å². The summed E-state index contributed by atoms with van der Waals surface area (Å²) >= 11 is 0. The second kappa shape index (κ2) is 10.1.